The van der Waals surface area contributed by atoms with Crippen molar-refractivity contribution >= 4 is 40.6 Å². The maximum atomic E-state index is 13.0. The lowest BCUT2D eigenvalue weighted by molar-refractivity contribution is 0.0954. The van der Waals surface area contributed by atoms with E-state index >= 15 is 0 Å². The van der Waals surface area contributed by atoms with E-state index in [0.717, 1.165) is 11.1 Å². The predicted octanol–water partition coefficient (Wildman–Crippen LogP) is 4.93. The van der Waals surface area contributed by atoms with Crippen molar-refractivity contribution in [2.75, 3.05) is 6.54 Å². The topological polar surface area (TPSA) is 66.9 Å². The van der Waals surface area contributed by atoms with Crippen LogP contribution in [0.5, 0.6) is 0 Å². The summed E-state index contributed by atoms with van der Waals surface area (Å²) in [7, 11) is 0. The lowest BCUT2D eigenvalue weighted by Gasteiger charge is -2.10. The Labute approximate surface area is 195 Å². The van der Waals surface area contributed by atoms with Gasteiger partial charge in [-0.05, 0) is 66.5 Å². The van der Waals surface area contributed by atoms with Crippen LogP contribution in [-0.2, 0) is 19.4 Å². The molecule has 0 aliphatic rings. The predicted molar refractivity (Wildman–Crippen MR) is 131 cm³/mol. The molecule has 0 unspecified atom stereocenters. The second-order valence-corrected chi connectivity index (χ2v) is 8.34. The number of nitrogens with one attached hydrogen (secondary N) is 2. The number of carbonyl (C=O) groups is 1. The molecule has 0 aliphatic heterocycles. The number of nitrogens with zero attached hydrogens (tertiary/aromatic N) is 1. The Morgan fingerprint density at radius 2 is 1.69 bits per heavy atom. The summed E-state index contributed by atoms with van der Waals surface area (Å²) in [6, 6.07) is 22.5. The van der Waals surface area contributed by atoms with Gasteiger partial charge < -0.3 is 10.3 Å². The van der Waals surface area contributed by atoms with Crippen LogP contribution in [-0.4, -0.2) is 22.0 Å². The van der Waals surface area contributed by atoms with Gasteiger partial charge in [0.25, 0.3) is 11.5 Å². The molecule has 7 heteroatoms. The van der Waals surface area contributed by atoms with Crippen molar-refractivity contribution in [1.82, 2.24) is 14.9 Å². The molecule has 0 spiro atoms. The van der Waals surface area contributed by atoms with E-state index in [2.05, 4.69) is 10.3 Å². The summed E-state index contributed by atoms with van der Waals surface area (Å²) in [5.74, 6) is -0.201. The molecule has 0 radical (unpaired) electrons. The molecule has 1 aromatic heterocycles. The van der Waals surface area contributed by atoms with Crippen LogP contribution in [0.2, 0.25) is 5.02 Å². The molecule has 4 aromatic rings. The Balaban J connectivity index is 1.47. The van der Waals surface area contributed by atoms with Gasteiger partial charge in [-0.25, -0.2) is 0 Å². The third-order valence-electron chi connectivity index (χ3n) is 5.32. The molecule has 2 N–H and O–H groups in total. The largest absolute Gasteiger partial charge is 0.352 e. The summed E-state index contributed by atoms with van der Waals surface area (Å²) in [6.07, 6.45) is 1.41. The highest BCUT2D eigenvalue weighted by Crippen LogP contribution is 2.12. The van der Waals surface area contributed by atoms with Crippen LogP contribution in [0.1, 0.15) is 21.5 Å². The van der Waals surface area contributed by atoms with Gasteiger partial charge in [0.1, 0.15) is 0 Å². The van der Waals surface area contributed by atoms with Crippen LogP contribution >= 0.6 is 23.8 Å². The number of hydrogen-bond donors (Lipinski definition) is 2. The molecule has 32 heavy (non-hydrogen) atoms. The smallest absolute Gasteiger partial charge is 0.262 e. The SMILES string of the molecule is O=C(NCCc1ccc(Cl)cc1)c1ccc2c(=O)n(CCc3ccccc3)c(=S)[nH]c2c1. The summed E-state index contributed by atoms with van der Waals surface area (Å²) in [4.78, 5) is 28.6. The number of aromatic amines is 1. The first-order chi connectivity index (χ1) is 15.5. The Bertz CT molecular complexity index is 1360. The molecule has 0 saturated carbocycles. The van der Waals surface area contributed by atoms with Crippen molar-refractivity contribution in [3.8, 4) is 0 Å². The van der Waals surface area contributed by atoms with Gasteiger partial charge >= 0.3 is 0 Å². The third-order valence-corrected chi connectivity index (χ3v) is 5.90. The van der Waals surface area contributed by atoms with Crippen LogP contribution < -0.4 is 10.9 Å². The number of hydrogen-bond acceptors (Lipinski definition) is 3. The minimum absolute atomic E-state index is 0.158. The average Bonchev–Trinajstić information content (AvgIpc) is 2.80. The third kappa shape index (κ3) is 5.15. The minimum atomic E-state index is -0.201. The Kier molecular flexibility index (Phi) is 6.83. The van der Waals surface area contributed by atoms with Crippen molar-refractivity contribution < 1.29 is 4.79 Å². The molecular weight excluding hydrogens is 442 g/mol. The normalized spacial score (nSPS) is 10.9. The summed E-state index contributed by atoms with van der Waals surface area (Å²) in [5, 5.41) is 4.10. The van der Waals surface area contributed by atoms with Crippen LogP contribution in [0, 0.1) is 4.77 Å². The highest BCUT2D eigenvalue weighted by atomic mass is 35.5. The summed E-state index contributed by atoms with van der Waals surface area (Å²) in [5.41, 5.74) is 3.10. The van der Waals surface area contributed by atoms with E-state index in [1.807, 2.05) is 54.6 Å². The van der Waals surface area contributed by atoms with Crippen molar-refractivity contribution in [2.24, 2.45) is 0 Å². The second-order valence-electron chi connectivity index (χ2n) is 7.52. The zero-order valence-electron chi connectivity index (χ0n) is 17.3. The summed E-state index contributed by atoms with van der Waals surface area (Å²) >= 11 is 11.3. The standard InChI is InChI=1S/C25H22ClN3O2S/c26-20-9-6-18(7-10-20)12-14-27-23(30)19-8-11-21-22(16-19)28-25(32)29(24(21)31)15-13-17-4-2-1-3-5-17/h1-11,16H,12-15H2,(H,27,30)(H,28,32). The number of fused-ring (bicyclic) bond motifs is 1. The number of aromatic nitrogens is 2. The quantitative estimate of drug-likeness (QED) is 0.382. The van der Waals surface area contributed by atoms with Crippen LogP contribution in [0.25, 0.3) is 10.9 Å². The first-order valence-electron chi connectivity index (χ1n) is 10.3. The highest BCUT2D eigenvalue weighted by Gasteiger charge is 2.10. The summed E-state index contributed by atoms with van der Waals surface area (Å²) < 4.78 is 1.91. The van der Waals surface area contributed by atoms with Crippen LogP contribution in [0.4, 0.5) is 0 Å². The molecule has 0 saturated heterocycles. The van der Waals surface area contributed by atoms with Gasteiger partial charge in [0, 0.05) is 23.7 Å². The van der Waals surface area contributed by atoms with E-state index < -0.39 is 0 Å². The van der Waals surface area contributed by atoms with E-state index in [-0.39, 0.29) is 11.5 Å². The van der Waals surface area contributed by atoms with Gasteiger partial charge in [0.05, 0.1) is 10.9 Å². The fourth-order valence-electron chi connectivity index (χ4n) is 3.56. The van der Waals surface area contributed by atoms with Gasteiger partial charge in [-0.1, -0.05) is 54.1 Å². The molecule has 4 rings (SSSR count). The van der Waals surface area contributed by atoms with Crippen molar-refractivity contribution in [3.63, 3.8) is 0 Å². The minimum Gasteiger partial charge on any atom is -0.352 e. The number of amides is 1. The average molecular weight is 464 g/mol. The van der Waals surface area contributed by atoms with Gasteiger partial charge in [-0.3, -0.25) is 14.2 Å². The maximum Gasteiger partial charge on any atom is 0.262 e. The zero-order valence-corrected chi connectivity index (χ0v) is 18.9. The molecule has 3 aromatic carbocycles. The number of rotatable bonds is 7. The molecular formula is C25H22ClN3O2S. The monoisotopic (exact) mass is 463 g/mol. The van der Waals surface area contributed by atoms with E-state index in [9.17, 15) is 9.59 Å². The van der Waals surface area contributed by atoms with Crippen LogP contribution in [0.3, 0.4) is 0 Å². The van der Waals surface area contributed by atoms with E-state index in [4.69, 9.17) is 23.8 Å². The lowest BCUT2D eigenvalue weighted by atomic mass is 10.1. The number of H-pyrrole nitrogens is 1. The molecule has 162 valence electrons. The Morgan fingerprint density at radius 3 is 2.44 bits per heavy atom. The Morgan fingerprint density at radius 1 is 0.969 bits per heavy atom. The lowest BCUT2D eigenvalue weighted by Crippen LogP contribution is -2.26. The zero-order chi connectivity index (χ0) is 22.5. The molecule has 1 amide bonds. The molecule has 0 atom stereocenters. The fraction of sp³-hybridized carbons (Fsp3) is 0.160. The number of benzene rings is 3. The van der Waals surface area contributed by atoms with E-state index in [0.29, 0.717) is 52.2 Å². The van der Waals surface area contributed by atoms with Crippen molar-refractivity contribution in [3.05, 3.63) is 110 Å². The first kappa shape index (κ1) is 22.0. The van der Waals surface area contributed by atoms with E-state index in [1.165, 1.54) is 0 Å². The Hall–Kier alpha value is -3.22. The first-order valence-corrected chi connectivity index (χ1v) is 11.1. The number of carbonyl (C=O) groups excluding carboxylic acids is 1. The maximum absolute atomic E-state index is 13.0. The molecule has 0 aliphatic carbocycles. The molecule has 0 bridgehead atoms. The molecule has 1 heterocycles. The highest BCUT2D eigenvalue weighted by molar-refractivity contribution is 7.71. The van der Waals surface area contributed by atoms with Crippen molar-refractivity contribution in [2.45, 2.75) is 19.4 Å². The second kappa shape index (κ2) is 9.94. The van der Waals surface area contributed by atoms with Gasteiger partial charge in [0.15, 0.2) is 4.77 Å². The fourth-order valence-corrected chi connectivity index (χ4v) is 3.97. The van der Waals surface area contributed by atoms with Gasteiger partial charge in [-0.15, -0.1) is 0 Å². The van der Waals surface area contributed by atoms with Gasteiger partial charge in [-0.2, -0.15) is 0 Å². The molecule has 0 fully saturated rings. The number of aryl methyl sites for hydroxylation is 1. The van der Waals surface area contributed by atoms with E-state index in [1.54, 1.807) is 22.8 Å². The van der Waals surface area contributed by atoms with Crippen molar-refractivity contribution in [1.29, 1.82) is 0 Å². The summed E-state index contributed by atoms with van der Waals surface area (Å²) in [6.45, 7) is 0.983. The van der Waals surface area contributed by atoms with Gasteiger partial charge in [0.2, 0.25) is 0 Å². The van der Waals surface area contributed by atoms with Crippen LogP contribution in [0.15, 0.2) is 77.6 Å². The number of halogens is 1. The molecule has 5 nitrogen and oxygen atoms in total.